The zero-order valence-electron chi connectivity index (χ0n) is 16.4. The van der Waals surface area contributed by atoms with Crippen molar-refractivity contribution in [2.24, 2.45) is 0 Å². The third kappa shape index (κ3) is 4.24. The fourth-order valence-corrected chi connectivity index (χ4v) is 3.33. The van der Waals surface area contributed by atoms with Crippen molar-refractivity contribution in [3.8, 4) is 28.8 Å². The van der Waals surface area contributed by atoms with Gasteiger partial charge in [-0.25, -0.2) is 9.97 Å². The number of rotatable bonds is 6. The number of ether oxygens (including phenoxy) is 2. The number of methoxy groups -OCH3 is 2. The number of hydrogen-bond acceptors (Lipinski definition) is 7. The van der Waals surface area contributed by atoms with Gasteiger partial charge in [-0.05, 0) is 49.1 Å². The van der Waals surface area contributed by atoms with Crippen LogP contribution in [0.4, 0.5) is 11.5 Å². The van der Waals surface area contributed by atoms with Crippen molar-refractivity contribution >= 4 is 34.9 Å². The van der Waals surface area contributed by atoms with Gasteiger partial charge in [-0.3, -0.25) is 0 Å². The molecule has 1 N–H and O–H groups in total. The van der Waals surface area contributed by atoms with Crippen LogP contribution >= 0.6 is 23.4 Å². The van der Waals surface area contributed by atoms with Gasteiger partial charge in [-0.2, -0.15) is 5.26 Å². The van der Waals surface area contributed by atoms with Gasteiger partial charge in [0.2, 0.25) is 0 Å². The summed E-state index contributed by atoms with van der Waals surface area (Å²) < 4.78 is 10.7. The summed E-state index contributed by atoms with van der Waals surface area (Å²) >= 11 is 7.63. The van der Waals surface area contributed by atoms with Crippen LogP contribution in [0.3, 0.4) is 0 Å². The minimum Gasteiger partial charge on any atom is -0.493 e. The zero-order valence-corrected chi connectivity index (χ0v) is 18.0. The fraction of sp³-hybridized carbons (Fsp3) is 0.190. The molecule has 1 aromatic heterocycles. The molecule has 8 heteroatoms. The van der Waals surface area contributed by atoms with Gasteiger partial charge in [0.1, 0.15) is 11.6 Å². The van der Waals surface area contributed by atoms with E-state index in [2.05, 4.69) is 21.4 Å². The molecular weight excluding hydrogens is 408 g/mol. The Bertz CT molecular complexity index is 1100. The highest BCUT2D eigenvalue weighted by Crippen LogP contribution is 2.36. The Morgan fingerprint density at radius 3 is 2.52 bits per heavy atom. The lowest BCUT2D eigenvalue weighted by Crippen LogP contribution is -2.04. The molecule has 0 fully saturated rings. The molecule has 3 rings (SSSR count). The van der Waals surface area contributed by atoms with E-state index in [4.69, 9.17) is 21.1 Å². The number of thioether (sulfide) groups is 1. The number of hydrogen-bond donors (Lipinski definition) is 1. The summed E-state index contributed by atoms with van der Waals surface area (Å²) in [5.74, 6) is 1.57. The summed E-state index contributed by atoms with van der Waals surface area (Å²) in [6, 6.07) is 13.2. The van der Waals surface area contributed by atoms with Crippen molar-refractivity contribution in [3.63, 3.8) is 0 Å². The van der Waals surface area contributed by atoms with E-state index >= 15 is 0 Å². The summed E-state index contributed by atoms with van der Waals surface area (Å²) in [7, 11) is 3.14. The molecule has 0 bridgehead atoms. The summed E-state index contributed by atoms with van der Waals surface area (Å²) in [5.41, 5.74) is 3.21. The first-order chi connectivity index (χ1) is 14.0. The number of nitriles is 1. The van der Waals surface area contributed by atoms with E-state index in [0.29, 0.717) is 38.8 Å². The summed E-state index contributed by atoms with van der Waals surface area (Å²) in [6.07, 6.45) is 1.88. The van der Waals surface area contributed by atoms with Crippen LogP contribution in [-0.2, 0) is 0 Å². The predicted molar refractivity (Wildman–Crippen MR) is 117 cm³/mol. The van der Waals surface area contributed by atoms with Gasteiger partial charge in [0.15, 0.2) is 22.5 Å². The highest BCUT2D eigenvalue weighted by atomic mass is 35.5. The fourth-order valence-electron chi connectivity index (χ4n) is 2.79. The second kappa shape index (κ2) is 9.03. The molecule has 148 valence electrons. The summed E-state index contributed by atoms with van der Waals surface area (Å²) in [4.78, 5) is 9.08. The maximum atomic E-state index is 9.89. The SMILES string of the molecule is COc1ccc(-c2nc(SC)nc(Nc3cccc(Cl)c3C)c2C#N)cc1OC. The van der Waals surface area contributed by atoms with Crippen LogP contribution in [0.15, 0.2) is 41.6 Å². The number of benzene rings is 2. The molecule has 0 saturated carbocycles. The van der Waals surface area contributed by atoms with Crippen molar-refractivity contribution in [1.29, 1.82) is 5.26 Å². The molecule has 0 aliphatic rings. The van der Waals surface area contributed by atoms with Gasteiger partial charge in [0, 0.05) is 16.3 Å². The maximum Gasteiger partial charge on any atom is 0.189 e. The van der Waals surface area contributed by atoms with Gasteiger partial charge in [-0.1, -0.05) is 29.4 Å². The molecule has 0 saturated heterocycles. The van der Waals surface area contributed by atoms with Crippen molar-refractivity contribution in [1.82, 2.24) is 9.97 Å². The second-order valence-electron chi connectivity index (χ2n) is 6.00. The number of nitrogens with zero attached hydrogens (tertiary/aromatic N) is 3. The highest BCUT2D eigenvalue weighted by molar-refractivity contribution is 7.98. The molecule has 0 radical (unpaired) electrons. The molecule has 0 aliphatic heterocycles. The van der Waals surface area contributed by atoms with Crippen LogP contribution in [-0.4, -0.2) is 30.4 Å². The van der Waals surface area contributed by atoms with Crippen LogP contribution < -0.4 is 14.8 Å². The van der Waals surface area contributed by atoms with E-state index in [0.717, 1.165) is 16.8 Å². The molecule has 0 unspecified atom stereocenters. The Morgan fingerprint density at radius 1 is 1.10 bits per heavy atom. The van der Waals surface area contributed by atoms with E-state index in [-0.39, 0.29) is 0 Å². The van der Waals surface area contributed by atoms with Crippen molar-refractivity contribution in [2.75, 3.05) is 25.8 Å². The summed E-state index contributed by atoms with van der Waals surface area (Å²) in [6.45, 7) is 1.91. The van der Waals surface area contributed by atoms with Gasteiger partial charge >= 0.3 is 0 Å². The first-order valence-electron chi connectivity index (χ1n) is 8.63. The van der Waals surface area contributed by atoms with Gasteiger partial charge in [0.05, 0.1) is 19.9 Å². The molecule has 0 atom stereocenters. The van der Waals surface area contributed by atoms with Crippen molar-refractivity contribution < 1.29 is 9.47 Å². The van der Waals surface area contributed by atoms with Crippen molar-refractivity contribution in [3.05, 3.63) is 52.5 Å². The lowest BCUT2D eigenvalue weighted by Gasteiger charge is -2.15. The van der Waals surface area contributed by atoms with Crippen LogP contribution in [0.5, 0.6) is 11.5 Å². The standard InChI is InChI=1S/C21H19ClN4O2S/c1-12-15(22)6-5-7-16(12)24-20-14(11-23)19(25-21(26-20)29-4)13-8-9-17(27-2)18(10-13)28-3/h5-10H,1-4H3,(H,24,25,26). The largest absolute Gasteiger partial charge is 0.493 e. The van der Waals surface area contributed by atoms with E-state index in [1.54, 1.807) is 26.4 Å². The quantitative estimate of drug-likeness (QED) is 0.414. The zero-order chi connectivity index (χ0) is 21.0. The topological polar surface area (TPSA) is 80.1 Å². The average molecular weight is 427 g/mol. The molecular formula is C21H19ClN4O2S. The minimum absolute atomic E-state index is 0.328. The molecule has 0 spiro atoms. The predicted octanol–water partition coefficient (Wildman–Crippen LogP) is 5.46. The van der Waals surface area contributed by atoms with Crippen LogP contribution in [0, 0.1) is 18.3 Å². The highest BCUT2D eigenvalue weighted by Gasteiger charge is 2.18. The molecule has 2 aromatic carbocycles. The van der Waals surface area contributed by atoms with Crippen LogP contribution in [0.1, 0.15) is 11.1 Å². The third-order valence-corrected chi connectivity index (χ3v) is 5.32. The number of nitrogens with one attached hydrogen (secondary N) is 1. The number of halogens is 1. The number of aromatic nitrogens is 2. The molecule has 3 aromatic rings. The monoisotopic (exact) mass is 426 g/mol. The second-order valence-corrected chi connectivity index (χ2v) is 7.18. The molecule has 6 nitrogen and oxygen atoms in total. The lowest BCUT2D eigenvalue weighted by atomic mass is 10.1. The lowest BCUT2D eigenvalue weighted by molar-refractivity contribution is 0.355. The van der Waals surface area contributed by atoms with E-state index in [9.17, 15) is 5.26 Å². The first kappa shape index (κ1) is 20.8. The van der Waals surface area contributed by atoms with Gasteiger partial charge in [-0.15, -0.1) is 0 Å². The molecule has 29 heavy (non-hydrogen) atoms. The molecule has 0 amide bonds. The molecule has 0 aliphatic carbocycles. The maximum absolute atomic E-state index is 9.89. The summed E-state index contributed by atoms with van der Waals surface area (Å²) in [5, 5.41) is 14.3. The Balaban J connectivity index is 2.17. The Hall–Kier alpha value is -2.95. The Labute approximate surface area is 178 Å². The number of anilines is 2. The van der Waals surface area contributed by atoms with Crippen LogP contribution in [0.2, 0.25) is 5.02 Å². The smallest absolute Gasteiger partial charge is 0.189 e. The normalized spacial score (nSPS) is 10.3. The van der Waals surface area contributed by atoms with Gasteiger partial charge in [0.25, 0.3) is 0 Å². The molecule has 1 heterocycles. The van der Waals surface area contributed by atoms with Crippen LogP contribution in [0.25, 0.3) is 11.3 Å². The van der Waals surface area contributed by atoms with E-state index in [1.807, 2.05) is 37.4 Å². The Kier molecular flexibility index (Phi) is 6.47. The van der Waals surface area contributed by atoms with Crippen molar-refractivity contribution in [2.45, 2.75) is 12.1 Å². The average Bonchev–Trinajstić information content (AvgIpc) is 2.75. The Morgan fingerprint density at radius 2 is 1.86 bits per heavy atom. The first-order valence-corrected chi connectivity index (χ1v) is 10.2. The third-order valence-electron chi connectivity index (χ3n) is 4.36. The van der Waals surface area contributed by atoms with Gasteiger partial charge < -0.3 is 14.8 Å². The van der Waals surface area contributed by atoms with E-state index in [1.165, 1.54) is 11.8 Å². The van der Waals surface area contributed by atoms with E-state index < -0.39 is 0 Å². The minimum atomic E-state index is 0.328.